The Morgan fingerprint density at radius 1 is 1.47 bits per heavy atom. The van der Waals surface area contributed by atoms with E-state index in [0.29, 0.717) is 11.7 Å². The molecule has 3 atom stereocenters. The van der Waals surface area contributed by atoms with Gasteiger partial charge >= 0.3 is 0 Å². The Morgan fingerprint density at radius 3 is 3.05 bits per heavy atom. The number of aliphatic hydroxyl groups excluding tert-OH is 1. The van der Waals surface area contributed by atoms with E-state index in [1.807, 2.05) is 17.0 Å². The summed E-state index contributed by atoms with van der Waals surface area (Å²) in [7, 11) is 0. The zero-order valence-electron chi connectivity index (χ0n) is 11.2. The van der Waals surface area contributed by atoms with Crippen LogP contribution in [0.5, 0.6) is 0 Å². The summed E-state index contributed by atoms with van der Waals surface area (Å²) in [5, 5.41) is 10.4. The quantitative estimate of drug-likeness (QED) is 0.836. The summed E-state index contributed by atoms with van der Waals surface area (Å²) >= 11 is 0. The monoisotopic (exact) mass is 260 g/mol. The van der Waals surface area contributed by atoms with Crippen molar-refractivity contribution in [2.75, 3.05) is 6.54 Å². The van der Waals surface area contributed by atoms with E-state index in [0.717, 1.165) is 37.8 Å². The van der Waals surface area contributed by atoms with E-state index in [-0.39, 0.29) is 11.8 Å². The van der Waals surface area contributed by atoms with Crippen molar-refractivity contribution in [3.05, 3.63) is 29.6 Å². The molecular formula is C15H20N2O2. The maximum absolute atomic E-state index is 12.6. The molecule has 2 aliphatic rings. The first-order valence-electron chi connectivity index (χ1n) is 7.11. The van der Waals surface area contributed by atoms with Gasteiger partial charge in [-0.3, -0.25) is 9.78 Å². The number of carbonyl (C=O) groups is 1. The first-order chi connectivity index (χ1) is 9.18. The molecule has 1 aliphatic heterocycles. The Morgan fingerprint density at radius 2 is 2.32 bits per heavy atom. The fraction of sp³-hybridized carbons (Fsp3) is 0.600. The summed E-state index contributed by atoms with van der Waals surface area (Å²) in [4.78, 5) is 18.8. The second kappa shape index (κ2) is 4.93. The molecule has 3 rings (SSSR count). The third kappa shape index (κ3) is 2.14. The van der Waals surface area contributed by atoms with Gasteiger partial charge in [0.2, 0.25) is 5.91 Å². The second-order valence-corrected chi connectivity index (χ2v) is 5.66. The predicted octanol–water partition coefficient (Wildman–Crippen LogP) is 1.69. The van der Waals surface area contributed by atoms with Crippen LogP contribution in [0.3, 0.4) is 0 Å². The van der Waals surface area contributed by atoms with Crippen LogP contribution in [0.4, 0.5) is 0 Å². The maximum atomic E-state index is 12.6. The highest BCUT2D eigenvalue weighted by Gasteiger charge is 2.38. The van der Waals surface area contributed by atoms with Crippen molar-refractivity contribution in [3.63, 3.8) is 0 Å². The fourth-order valence-electron chi connectivity index (χ4n) is 3.32. The van der Waals surface area contributed by atoms with Crippen LogP contribution in [0.25, 0.3) is 0 Å². The molecule has 1 amide bonds. The van der Waals surface area contributed by atoms with Crippen molar-refractivity contribution in [2.24, 2.45) is 5.92 Å². The Kier molecular flexibility index (Phi) is 3.27. The van der Waals surface area contributed by atoms with Crippen LogP contribution in [0.2, 0.25) is 0 Å². The Hall–Kier alpha value is -1.42. The first-order valence-corrected chi connectivity index (χ1v) is 7.11. The first kappa shape index (κ1) is 12.6. The smallest absolute Gasteiger partial charge is 0.228 e. The molecular weight excluding hydrogens is 240 g/mol. The highest BCUT2D eigenvalue weighted by Crippen LogP contribution is 2.35. The van der Waals surface area contributed by atoms with Gasteiger partial charge in [0.05, 0.1) is 11.6 Å². The minimum atomic E-state index is -0.745. The number of aryl methyl sites for hydroxylation is 1. The number of hydrogen-bond acceptors (Lipinski definition) is 3. The lowest BCUT2D eigenvalue weighted by Crippen LogP contribution is -2.42. The summed E-state index contributed by atoms with van der Waals surface area (Å²) in [5.41, 5.74) is 1.77. The van der Waals surface area contributed by atoms with Gasteiger partial charge in [-0.1, -0.05) is 6.07 Å². The zero-order chi connectivity index (χ0) is 13.4. The van der Waals surface area contributed by atoms with E-state index in [4.69, 9.17) is 0 Å². The molecule has 19 heavy (non-hydrogen) atoms. The normalized spacial score (nSPS) is 30.2. The number of amides is 1. The van der Waals surface area contributed by atoms with E-state index in [1.54, 1.807) is 6.20 Å². The van der Waals surface area contributed by atoms with Gasteiger partial charge in [-0.2, -0.15) is 0 Å². The third-order valence-electron chi connectivity index (χ3n) is 4.47. The molecule has 0 aromatic carbocycles. The molecule has 1 N–H and O–H groups in total. The molecule has 1 aliphatic carbocycles. The number of aromatic nitrogens is 1. The molecule has 0 saturated carbocycles. The lowest BCUT2D eigenvalue weighted by molar-refractivity contribution is -0.141. The third-order valence-corrected chi connectivity index (χ3v) is 4.47. The van der Waals surface area contributed by atoms with Gasteiger partial charge in [-0.25, -0.2) is 0 Å². The van der Waals surface area contributed by atoms with Gasteiger partial charge in [0, 0.05) is 18.8 Å². The Balaban J connectivity index is 1.82. The molecule has 0 radical (unpaired) electrons. The number of hydrogen-bond donors (Lipinski definition) is 1. The van der Waals surface area contributed by atoms with Gasteiger partial charge in [0.1, 0.15) is 6.10 Å². The number of pyridine rings is 1. The van der Waals surface area contributed by atoms with Crippen LogP contribution in [0.15, 0.2) is 18.3 Å². The fourth-order valence-corrected chi connectivity index (χ4v) is 3.32. The number of likely N-dealkylation sites (tertiary alicyclic amines) is 1. The molecule has 0 spiro atoms. The van der Waals surface area contributed by atoms with Crippen molar-refractivity contribution in [1.29, 1.82) is 0 Å². The summed E-state index contributed by atoms with van der Waals surface area (Å²) in [5.74, 6) is -0.211. The lowest BCUT2D eigenvalue weighted by atomic mass is 9.83. The van der Waals surface area contributed by atoms with Crippen LogP contribution < -0.4 is 0 Å². The van der Waals surface area contributed by atoms with E-state index < -0.39 is 6.10 Å². The summed E-state index contributed by atoms with van der Waals surface area (Å²) in [6, 6.07) is 4.19. The predicted molar refractivity (Wildman–Crippen MR) is 71.4 cm³/mol. The molecule has 0 bridgehead atoms. The van der Waals surface area contributed by atoms with Crippen LogP contribution in [0.1, 0.15) is 43.5 Å². The number of fused-ring (bicyclic) bond motifs is 1. The van der Waals surface area contributed by atoms with Crippen molar-refractivity contribution >= 4 is 5.91 Å². The minimum absolute atomic E-state index is 0.105. The number of nitrogens with zero attached hydrogens (tertiary/aromatic N) is 2. The van der Waals surface area contributed by atoms with Gasteiger partial charge < -0.3 is 10.0 Å². The number of carbonyl (C=O) groups excluding carboxylic acids is 1. The molecule has 1 aromatic heterocycles. The lowest BCUT2D eigenvalue weighted by Gasteiger charge is -2.32. The SMILES string of the molecule is CC1CCCN1C(=O)C1CCc2cccnc2C1O. The number of rotatable bonds is 1. The van der Waals surface area contributed by atoms with E-state index in [9.17, 15) is 9.90 Å². The van der Waals surface area contributed by atoms with Gasteiger partial charge in [-0.05, 0) is 44.2 Å². The second-order valence-electron chi connectivity index (χ2n) is 5.66. The van der Waals surface area contributed by atoms with Crippen molar-refractivity contribution in [1.82, 2.24) is 9.88 Å². The van der Waals surface area contributed by atoms with Gasteiger partial charge in [0.15, 0.2) is 0 Å². The Bertz CT molecular complexity index is 489. The Labute approximate surface area is 113 Å². The van der Waals surface area contributed by atoms with Gasteiger partial charge in [0.25, 0.3) is 0 Å². The number of aliphatic hydroxyl groups is 1. The molecule has 1 saturated heterocycles. The molecule has 1 aromatic rings. The highest BCUT2D eigenvalue weighted by molar-refractivity contribution is 5.80. The summed E-state index contributed by atoms with van der Waals surface area (Å²) in [6.45, 7) is 2.92. The minimum Gasteiger partial charge on any atom is -0.386 e. The highest BCUT2D eigenvalue weighted by atomic mass is 16.3. The van der Waals surface area contributed by atoms with E-state index in [2.05, 4.69) is 11.9 Å². The van der Waals surface area contributed by atoms with E-state index in [1.165, 1.54) is 0 Å². The van der Waals surface area contributed by atoms with Crippen LogP contribution in [-0.2, 0) is 11.2 Å². The zero-order valence-corrected chi connectivity index (χ0v) is 11.2. The average Bonchev–Trinajstić information content (AvgIpc) is 2.85. The summed E-state index contributed by atoms with van der Waals surface area (Å²) in [6.07, 6.45) is 4.65. The van der Waals surface area contributed by atoms with Crippen LogP contribution in [0, 0.1) is 5.92 Å². The molecule has 4 nitrogen and oxygen atoms in total. The molecule has 2 heterocycles. The van der Waals surface area contributed by atoms with Crippen molar-refractivity contribution in [3.8, 4) is 0 Å². The standard InChI is InChI=1S/C15H20N2O2/c1-10-4-3-9-17(10)15(19)12-7-6-11-5-2-8-16-13(11)14(12)18/h2,5,8,10,12,14,18H,3-4,6-7,9H2,1H3. The topological polar surface area (TPSA) is 53.4 Å². The van der Waals surface area contributed by atoms with Crippen LogP contribution >= 0.6 is 0 Å². The molecule has 102 valence electrons. The van der Waals surface area contributed by atoms with Crippen molar-refractivity contribution < 1.29 is 9.90 Å². The molecule has 4 heteroatoms. The van der Waals surface area contributed by atoms with Crippen molar-refractivity contribution in [2.45, 2.75) is 44.8 Å². The van der Waals surface area contributed by atoms with E-state index >= 15 is 0 Å². The maximum Gasteiger partial charge on any atom is 0.228 e. The van der Waals surface area contributed by atoms with Gasteiger partial charge in [-0.15, -0.1) is 0 Å². The molecule has 3 unspecified atom stereocenters. The molecule has 1 fully saturated rings. The average molecular weight is 260 g/mol. The van der Waals surface area contributed by atoms with Crippen LogP contribution in [-0.4, -0.2) is 33.5 Å². The summed E-state index contributed by atoms with van der Waals surface area (Å²) < 4.78 is 0. The largest absolute Gasteiger partial charge is 0.386 e.